The molecule has 1 N–H and O–H groups in total. The van der Waals surface area contributed by atoms with Gasteiger partial charge in [0.1, 0.15) is 0 Å². The minimum atomic E-state index is -0.225. The van der Waals surface area contributed by atoms with Crippen molar-refractivity contribution in [2.75, 3.05) is 26.2 Å². The third kappa shape index (κ3) is 3.35. The highest BCUT2D eigenvalue weighted by atomic mass is 16.2. The Bertz CT molecular complexity index is 788. The Labute approximate surface area is 146 Å². The molecule has 2 saturated heterocycles. The molecule has 130 valence electrons. The number of amides is 1. The Morgan fingerprint density at radius 3 is 2.48 bits per heavy atom. The Morgan fingerprint density at radius 2 is 1.80 bits per heavy atom. The second-order valence-corrected chi connectivity index (χ2v) is 6.82. The van der Waals surface area contributed by atoms with Gasteiger partial charge in [-0.3, -0.25) is 14.5 Å². The fourth-order valence-corrected chi connectivity index (χ4v) is 3.80. The molecular weight excluding hydrogens is 316 g/mol. The highest BCUT2D eigenvalue weighted by Gasteiger charge is 2.31. The maximum Gasteiger partial charge on any atom is 0.264 e. The van der Waals surface area contributed by atoms with E-state index in [2.05, 4.69) is 15.1 Å². The van der Waals surface area contributed by atoms with Crippen molar-refractivity contribution >= 4 is 5.91 Å². The topological polar surface area (TPSA) is 69.3 Å². The summed E-state index contributed by atoms with van der Waals surface area (Å²) in [7, 11) is 0. The van der Waals surface area contributed by atoms with E-state index < -0.39 is 0 Å². The molecule has 3 heterocycles. The molecule has 6 nitrogen and oxygen atoms in total. The summed E-state index contributed by atoms with van der Waals surface area (Å²) in [5.74, 6) is 0.0997. The SMILES string of the molecule is O=C(c1ccc(-c2ccc(=O)[nH]n2)cc1)N1CCC(N2CCCC2)C1. The predicted octanol–water partition coefficient (Wildman–Crippen LogP) is 1.75. The van der Waals surface area contributed by atoms with E-state index >= 15 is 0 Å². The van der Waals surface area contributed by atoms with Gasteiger partial charge in [-0.1, -0.05) is 12.1 Å². The lowest BCUT2D eigenvalue weighted by Gasteiger charge is -2.23. The molecule has 2 aromatic rings. The number of H-pyrrole nitrogens is 1. The number of nitrogens with one attached hydrogen (secondary N) is 1. The summed E-state index contributed by atoms with van der Waals surface area (Å²) in [6.07, 6.45) is 3.64. The normalized spacial score (nSPS) is 21.0. The van der Waals surface area contributed by atoms with Crippen LogP contribution in [0.1, 0.15) is 29.6 Å². The van der Waals surface area contributed by atoms with Gasteiger partial charge in [0.25, 0.3) is 11.5 Å². The summed E-state index contributed by atoms with van der Waals surface area (Å²) >= 11 is 0. The number of nitrogens with zero attached hydrogens (tertiary/aromatic N) is 3. The zero-order valence-electron chi connectivity index (χ0n) is 14.1. The van der Waals surface area contributed by atoms with Crippen LogP contribution < -0.4 is 5.56 Å². The first-order chi connectivity index (χ1) is 12.2. The zero-order chi connectivity index (χ0) is 17.2. The molecule has 1 amide bonds. The molecule has 2 aliphatic rings. The molecule has 1 unspecified atom stereocenters. The second-order valence-electron chi connectivity index (χ2n) is 6.82. The molecule has 1 aromatic heterocycles. The number of benzene rings is 1. The van der Waals surface area contributed by atoms with Gasteiger partial charge in [0.05, 0.1) is 5.69 Å². The van der Waals surface area contributed by atoms with Crippen molar-refractivity contribution < 1.29 is 4.79 Å². The maximum absolute atomic E-state index is 12.7. The second kappa shape index (κ2) is 6.80. The van der Waals surface area contributed by atoms with E-state index in [4.69, 9.17) is 0 Å². The molecule has 25 heavy (non-hydrogen) atoms. The lowest BCUT2D eigenvalue weighted by molar-refractivity contribution is 0.0780. The van der Waals surface area contributed by atoms with Crippen molar-refractivity contribution in [3.8, 4) is 11.3 Å². The summed E-state index contributed by atoms with van der Waals surface area (Å²) < 4.78 is 0. The summed E-state index contributed by atoms with van der Waals surface area (Å²) in [6, 6.07) is 11.1. The molecule has 2 fully saturated rings. The van der Waals surface area contributed by atoms with Gasteiger partial charge in [0, 0.05) is 36.3 Å². The summed E-state index contributed by atoms with van der Waals surface area (Å²) in [5, 5.41) is 6.44. The number of aromatic nitrogens is 2. The quantitative estimate of drug-likeness (QED) is 0.926. The highest BCUT2D eigenvalue weighted by Crippen LogP contribution is 2.23. The molecule has 0 aliphatic carbocycles. The van der Waals surface area contributed by atoms with Crippen LogP contribution in [0.2, 0.25) is 0 Å². The van der Waals surface area contributed by atoms with Gasteiger partial charge in [-0.25, -0.2) is 5.10 Å². The maximum atomic E-state index is 12.7. The molecule has 1 aromatic carbocycles. The molecule has 0 bridgehead atoms. The predicted molar refractivity (Wildman–Crippen MR) is 95.4 cm³/mol. The molecule has 1 atom stereocenters. The Balaban J connectivity index is 1.44. The highest BCUT2D eigenvalue weighted by molar-refractivity contribution is 5.94. The van der Waals surface area contributed by atoms with E-state index in [0.717, 1.165) is 25.1 Å². The van der Waals surface area contributed by atoms with Gasteiger partial charge < -0.3 is 4.90 Å². The van der Waals surface area contributed by atoms with Crippen LogP contribution in [0.15, 0.2) is 41.2 Å². The van der Waals surface area contributed by atoms with Crippen LogP contribution >= 0.6 is 0 Å². The van der Waals surface area contributed by atoms with Crippen LogP contribution in [0.25, 0.3) is 11.3 Å². The molecule has 2 aliphatic heterocycles. The minimum Gasteiger partial charge on any atom is -0.337 e. The number of carbonyl (C=O) groups excluding carboxylic acids is 1. The van der Waals surface area contributed by atoms with Gasteiger partial charge in [0.15, 0.2) is 0 Å². The Kier molecular flexibility index (Phi) is 4.36. The fraction of sp³-hybridized carbons (Fsp3) is 0.421. The van der Waals surface area contributed by atoms with Crippen LogP contribution in [-0.4, -0.2) is 58.1 Å². The first-order valence-electron chi connectivity index (χ1n) is 8.90. The number of carbonyl (C=O) groups is 1. The number of hydrogen-bond acceptors (Lipinski definition) is 4. The third-order valence-electron chi connectivity index (χ3n) is 5.21. The zero-order valence-corrected chi connectivity index (χ0v) is 14.1. The fourth-order valence-electron chi connectivity index (χ4n) is 3.80. The van der Waals surface area contributed by atoms with E-state index in [-0.39, 0.29) is 11.5 Å². The summed E-state index contributed by atoms with van der Waals surface area (Å²) in [6.45, 7) is 4.02. The Morgan fingerprint density at radius 1 is 1.04 bits per heavy atom. The standard InChI is InChI=1S/C19H22N4O2/c24-18-8-7-17(20-21-18)14-3-5-15(6-4-14)19(25)23-12-9-16(13-23)22-10-1-2-11-22/h3-8,16H,1-2,9-13H2,(H,21,24). The monoisotopic (exact) mass is 338 g/mol. The minimum absolute atomic E-state index is 0.0997. The summed E-state index contributed by atoms with van der Waals surface area (Å²) in [4.78, 5) is 28.3. The average molecular weight is 338 g/mol. The van der Waals surface area contributed by atoms with Crippen molar-refractivity contribution in [3.63, 3.8) is 0 Å². The molecule has 0 radical (unpaired) electrons. The lowest BCUT2D eigenvalue weighted by atomic mass is 10.1. The summed E-state index contributed by atoms with van der Waals surface area (Å²) in [5.41, 5.74) is 2.05. The van der Waals surface area contributed by atoms with Crippen LogP contribution in [-0.2, 0) is 0 Å². The van der Waals surface area contributed by atoms with Crippen molar-refractivity contribution in [3.05, 3.63) is 52.3 Å². The van der Waals surface area contributed by atoms with E-state index in [9.17, 15) is 9.59 Å². The Hall–Kier alpha value is -2.47. The smallest absolute Gasteiger partial charge is 0.264 e. The van der Waals surface area contributed by atoms with E-state index in [1.165, 1.54) is 32.0 Å². The van der Waals surface area contributed by atoms with Crippen LogP contribution in [0.4, 0.5) is 0 Å². The first kappa shape index (κ1) is 16.0. The van der Waals surface area contributed by atoms with Crippen LogP contribution in [0, 0.1) is 0 Å². The molecule has 0 spiro atoms. The van der Waals surface area contributed by atoms with Crippen molar-refractivity contribution in [1.82, 2.24) is 20.0 Å². The number of aromatic amines is 1. The number of rotatable bonds is 3. The van der Waals surface area contributed by atoms with Gasteiger partial charge in [-0.2, -0.15) is 5.10 Å². The molecular formula is C19H22N4O2. The molecule has 6 heteroatoms. The lowest BCUT2D eigenvalue weighted by Crippen LogP contribution is -2.37. The average Bonchev–Trinajstić information content (AvgIpc) is 3.33. The third-order valence-corrected chi connectivity index (χ3v) is 5.21. The van der Waals surface area contributed by atoms with Crippen molar-refractivity contribution in [2.45, 2.75) is 25.3 Å². The van der Waals surface area contributed by atoms with E-state index in [1.54, 1.807) is 6.07 Å². The molecule has 0 saturated carbocycles. The van der Waals surface area contributed by atoms with Gasteiger partial charge in [-0.05, 0) is 50.6 Å². The van der Waals surface area contributed by atoms with Crippen LogP contribution in [0.5, 0.6) is 0 Å². The largest absolute Gasteiger partial charge is 0.337 e. The first-order valence-corrected chi connectivity index (χ1v) is 8.90. The van der Waals surface area contributed by atoms with E-state index in [1.807, 2.05) is 29.2 Å². The van der Waals surface area contributed by atoms with E-state index in [0.29, 0.717) is 17.3 Å². The van der Waals surface area contributed by atoms with Gasteiger partial charge >= 0.3 is 0 Å². The van der Waals surface area contributed by atoms with Crippen molar-refractivity contribution in [2.24, 2.45) is 0 Å². The van der Waals surface area contributed by atoms with Crippen molar-refractivity contribution in [1.29, 1.82) is 0 Å². The van der Waals surface area contributed by atoms with Gasteiger partial charge in [0.2, 0.25) is 0 Å². The number of likely N-dealkylation sites (tertiary alicyclic amines) is 2. The van der Waals surface area contributed by atoms with Crippen LogP contribution in [0.3, 0.4) is 0 Å². The van der Waals surface area contributed by atoms with Gasteiger partial charge in [-0.15, -0.1) is 0 Å². The number of hydrogen-bond donors (Lipinski definition) is 1. The molecule has 4 rings (SSSR count).